The lowest BCUT2D eigenvalue weighted by Crippen LogP contribution is -2.31. The number of alkyl halides is 6. The first-order valence-corrected chi connectivity index (χ1v) is 11.8. The molecule has 4 rings (SSSR count). The quantitative estimate of drug-likeness (QED) is 0.391. The summed E-state index contributed by atoms with van der Waals surface area (Å²) in [5, 5.41) is 24.6. The number of aliphatic carboxylic acids is 2. The largest absolute Gasteiger partial charge is 0.490 e. The Bertz CT molecular complexity index is 1300. The number of pyridine rings is 1. The van der Waals surface area contributed by atoms with E-state index in [9.17, 15) is 31.1 Å². The molecule has 3 aromatic heterocycles. The van der Waals surface area contributed by atoms with Crippen LogP contribution >= 0.6 is 11.3 Å². The van der Waals surface area contributed by atoms with Crippen LogP contribution in [0.4, 0.5) is 26.3 Å². The third-order valence-electron chi connectivity index (χ3n) is 5.12. The third-order valence-corrected chi connectivity index (χ3v) is 6.09. The average Bonchev–Trinajstić information content (AvgIpc) is 3.32. The highest BCUT2D eigenvalue weighted by Crippen LogP contribution is 2.35. The van der Waals surface area contributed by atoms with Crippen LogP contribution in [-0.2, 0) is 16.6 Å². The van der Waals surface area contributed by atoms with Crippen LogP contribution < -0.4 is 15.6 Å². The molecular formula is C22H22F6N4O6S. The first kappa shape index (κ1) is 31.5. The molecular weight excluding hydrogens is 562 g/mol. The Morgan fingerprint density at radius 3 is 2.08 bits per heavy atom. The summed E-state index contributed by atoms with van der Waals surface area (Å²) < 4.78 is 71.7. The van der Waals surface area contributed by atoms with Gasteiger partial charge in [0.1, 0.15) is 4.70 Å². The van der Waals surface area contributed by atoms with Gasteiger partial charge in [-0.3, -0.25) is 9.78 Å². The number of nitrogens with one attached hydrogen (secondary N) is 1. The van der Waals surface area contributed by atoms with Gasteiger partial charge in [-0.15, -0.1) is 16.4 Å². The van der Waals surface area contributed by atoms with Crippen LogP contribution in [-0.4, -0.2) is 69.0 Å². The molecule has 214 valence electrons. The van der Waals surface area contributed by atoms with Crippen molar-refractivity contribution in [2.75, 3.05) is 19.7 Å². The number of aryl methyl sites for hydroxylation is 1. The topological polar surface area (TPSA) is 144 Å². The second-order valence-corrected chi connectivity index (χ2v) is 8.81. The van der Waals surface area contributed by atoms with Crippen molar-refractivity contribution in [3.8, 4) is 17.0 Å². The first-order valence-electron chi connectivity index (χ1n) is 11.0. The van der Waals surface area contributed by atoms with E-state index in [1.807, 2.05) is 17.5 Å². The molecule has 0 bridgehead atoms. The van der Waals surface area contributed by atoms with E-state index in [-0.39, 0.29) is 5.56 Å². The predicted molar refractivity (Wildman–Crippen MR) is 127 cm³/mol. The number of carboxylic acid groups (broad SMARTS) is 2. The van der Waals surface area contributed by atoms with Crippen molar-refractivity contribution in [2.24, 2.45) is 13.0 Å². The Labute approximate surface area is 219 Å². The van der Waals surface area contributed by atoms with Crippen molar-refractivity contribution in [1.29, 1.82) is 0 Å². The summed E-state index contributed by atoms with van der Waals surface area (Å²) in [6, 6.07) is 3.83. The number of thiophene rings is 1. The molecule has 1 saturated heterocycles. The minimum Gasteiger partial charge on any atom is -0.475 e. The number of halogens is 6. The van der Waals surface area contributed by atoms with Crippen LogP contribution in [0.3, 0.4) is 0 Å². The summed E-state index contributed by atoms with van der Waals surface area (Å²) in [5.74, 6) is -4.42. The normalized spacial score (nSPS) is 14.0. The molecule has 1 fully saturated rings. The fraction of sp³-hybridized carbons (Fsp3) is 0.409. The Morgan fingerprint density at radius 1 is 1.08 bits per heavy atom. The van der Waals surface area contributed by atoms with E-state index < -0.39 is 24.3 Å². The molecule has 4 heterocycles. The highest BCUT2D eigenvalue weighted by Gasteiger charge is 2.38. The molecule has 0 saturated carbocycles. The maximum absolute atomic E-state index is 12.7. The fourth-order valence-electron chi connectivity index (χ4n) is 3.20. The van der Waals surface area contributed by atoms with Crippen molar-refractivity contribution in [3.63, 3.8) is 0 Å². The lowest BCUT2D eigenvalue weighted by Gasteiger charge is -2.22. The van der Waals surface area contributed by atoms with Crippen molar-refractivity contribution in [2.45, 2.75) is 25.2 Å². The zero-order valence-electron chi connectivity index (χ0n) is 20.0. The van der Waals surface area contributed by atoms with E-state index in [0.717, 1.165) is 41.8 Å². The molecule has 1 aliphatic rings. The summed E-state index contributed by atoms with van der Waals surface area (Å²) in [6.45, 7) is 2.72. The lowest BCUT2D eigenvalue weighted by molar-refractivity contribution is -0.193. The summed E-state index contributed by atoms with van der Waals surface area (Å²) in [7, 11) is 1.67. The molecule has 3 aromatic rings. The van der Waals surface area contributed by atoms with Crippen molar-refractivity contribution < 1.29 is 50.9 Å². The van der Waals surface area contributed by atoms with Gasteiger partial charge in [0.25, 0.3) is 5.56 Å². The molecule has 39 heavy (non-hydrogen) atoms. The van der Waals surface area contributed by atoms with Crippen molar-refractivity contribution >= 4 is 33.4 Å². The molecule has 0 unspecified atom stereocenters. The number of hydrogen-bond acceptors (Lipinski definition) is 8. The lowest BCUT2D eigenvalue weighted by atomic mass is 9.99. The van der Waals surface area contributed by atoms with Crippen molar-refractivity contribution in [3.05, 3.63) is 40.3 Å². The molecule has 10 nitrogen and oxygen atoms in total. The van der Waals surface area contributed by atoms with Crippen LogP contribution in [0, 0.1) is 5.92 Å². The van der Waals surface area contributed by atoms with Gasteiger partial charge in [-0.25, -0.2) is 14.3 Å². The summed E-state index contributed by atoms with van der Waals surface area (Å²) in [4.78, 5) is 34.5. The molecule has 17 heteroatoms. The first-order chi connectivity index (χ1) is 18.1. The average molecular weight is 584 g/mol. The third kappa shape index (κ3) is 9.20. The second-order valence-electron chi connectivity index (χ2n) is 7.93. The van der Waals surface area contributed by atoms with Crippen LogP contribution in [0.1, 0.15) is 12.8 Å². The Morgan fingerprint density at radius 2 is 1.59 bits per heavy atom. The molecule has 0 aliphatic carbocycles. The molecule has 0 atom stereocenters. The Kier molecular flexibility index (Phi) is 10.8. The number of piperidine rings is 1. The monoisotopic (exact) mass is 584 g/mol. The maximum Gasteiger partial charge on any atom is 0.490 e. The zero-order chi connectivity index (χ0) is 29.4. The van der Waals surface area contributed by atoms with Gasteiger partial charge in [0.15, 0.2) is 0 Å². The Hall–Kier alpha value is -3.73. The van der Waals surface area contributed by atoms with Gasteiger partial charge < -0.3 is 20.3 Å². The molecule has 0 spiro atoms. The summed E-state index contributed by atoms with van der Waals surface area (Å²) in [5.41, 5.74) is 1.79. The molecule has 3 N–H and O–H groups in total. The smallest absolute Gasteiger partial charge is 0.475 e. The molecule has 1 aliphatic heterocycles. The van der Waals surface area contributed by atoms with E-state index in [2.05, 4.69) is 15.4 Å². The number of rotatable bonds is 4. The highest BCUT2D eigenvalue weighted by molar-refractivity contribution is 7.18. The highest BCUT2D eigenvalue weighted by atomic mass is 32.1. The summed E-state index contributed by atoms with van der Waals surface area (Å²) >= 11 is 1.51. The number of nitrogens with zero attached hydrogens (tertiary/aromatic N) is 3. The number of carbonyl (C=O) groups is 2. The number of carboxylic acids is 2. The molecule has 0 amide bonds. The van der Waals surface area contributed by atoms with Crippen LogP contribution in [0.5, 0.6) is 5.88 Å². The van der Waals surface area contributed by atoms with E-state index in [0.29, 0.717) is 23.8 Å². The van der Waals surface area contributed by atoms with Crippen molar-refractivity contribution in [1.82, 2.24) is 20.1 Å². The van der Waals surface area contributed by atoms with E-state index in [1.165, 1.54) is 16.0 Å². The van der Waals surface area contributed by atoms with Gasteiger partial charge in [-0.05, 0) is 49.5 Å². The van der Waals surface area contributed by atoms with E-state index in [4.69, 9.17) is 24.5 Å². The van der Waals surface area contributed by atoms with Gasteiger partial charge in [0.2, 0.25) is 5.88 Å². The van der Waals surface area contributed by atoms with Crippen LogP contribution in [0.15, 0.2) is 34.7 Å². The van der Waals surface area contributed by atoms with Gasteiger partial charge in [-0.1, -0.05) is 0 Å². The Balaban J connectivity index is 0.000000317. The fourth-order valence-corrected chi connectivity index (χ4v) is 4.21. The number of ether oxygens (including phenoxy) is 1. The SMILES string of the molecule is Cn1nc(OCC2CCNCC2)c2scc(-c3ccncc3)c2c1=O.O=C(O)C(F)(F)F.O=C(O)C(F)(F)F. The maximum atomic E-state index is 12.7. The van der Waals surface area contributed by atoms with E-state index in [1.54, 1.807) is 19.4 Å². The van der Waals surface area contributed by atoms with Gasteiger partial charge in [-0.2, -0.15) is 26.3 Å². The minimum atomic E-state index is -5.08. The van der Waals surface area contributed by atoms with Crippen LogP contribution in [0.25, 0.3) is 21.2 Å². The zero-order valence-corrected chi connectivity index (χ0v) is 20.9. The molecule has 0 aromatic carbocycles. The predicted octanol–water partition coefficient (Wildman–Crippen LogP) is 3.70. The summed E-state index contributed by atoms with van der Waals surface area (Å²) in [6.07, 6.45) is -4.47. The van der Waals surface area contributed by atoms with Crippen LogP contribution in [0.2, 0.25) is 0 Å². The van der Waals surface area contributed by atoms with Gasteiger partial charge in [0, 0.05) is 30.4 Å². The van der Waals surface area contributed by atoms with Gasteiger partial charge in [0.05, 0.1) is 12.0 Å². The van der Waals surface area contributed by atoms with Gasteiger partial charge >= 0.3 is 24.3 Å². The standard InChI is InChI=1S/C18H20N4O2S.2C2HF3O2/c1-22-18(23)15-14(13-4-8-20-9-5-13)11-25-16(15)17(21-22)24-10-12-2-6-19-7-3-12;2*3-2(4,5)1(6)7/h4-5,8-9,11-12,19H,2-3,6-7,10H2,1H3;2*(H,6,7). The number of fused-ring (bicyclic) bond motifs is 1. The second kappa shape index (κ2) is 13.4. The molecule has 0 radical (unpaired) electrons. The number of aromatic nitrogens is 3. The minimum absolute atomic E-state index is 0.0997. The number of hydrogen-bond donors (Lipinski definition) is 3. The van der Waals surface area contributed by atoms with E-state index >= 15 is 0 Å².